The molecular formula is C20H27N5. The van der Waals surface area contributed by atoms with Gasteiger partial charge in [0, 0.05) is 30.0 Å². The van der Waals surface area contributed by atoms with Crippen LogP contribution in [0.3, 0.4) is 0 Å². The second-order valence-electron chi connectivity index (χ2n) is 7.23. The fourth-order valence-electron chi connectivity index (χ4n) is 3.14. The van der Waals surface area contributed by atoms with Gasteiger partial charge in [-0.15, -0.1) is 0 Å². The Bertz CT molecular complexity index is 921. The molecule has 0 aliphatic rings. The summed E-state index contributed by atoms with van der Waals surface area (Å²) in [5.74, 6) is 0.372. The molecule has 0 aliphatic carbocycles. The third kappa shape index (κ3) is 3.04. The number of pyridine rings is 1. The molecule has 3 aromatic rings. The Kier molecular flexibility index (Phi) is 4.60. The van der Waals surface area contributed by atoms with Gasteiger partial charge in [0.25, 0.3) is 0 Å². The highest BCUT2D eigenvalue weighted by atomic mass is 15.1. The number of rotatable bonds is 4. The van der Waals surface area contributed by atoms with Crippen LogP contribution in [0.2, 0.25) is 0 Å². The van der Waals surface area contributed by atoms with E-state index in [0.717, 1.165) is 45.1 Å². The van der Waals surface area contributed by atoms with Crippen molar-refractivity contribution in [3.05, 3.63) is 41.0 Å². The lowest BCUT2D eigenvalue weighted by Crippen LogP contribution is -2.08. The van der Waals surface area contributed by atoms with E-state index in [9.17, 15) is 0 Å². The van der Waals surface area contributed by atoms with Crippen molar-refractivity contribution in [2.24, 2.45) is 5.73 Å². The Hall–Kier alpha value is -2.27. The first-order valence-corrected chi connectivity index (χ1v) is 8.89. The van der Waals surface area contributed by atoms with Crippen molar-refractivity contribution in [1.82, 2.24) is 19.5 Å². The number of aryl methyl sites for hydroxylation is 2. The third-order valence-electron chi connectivity index (χ3n) is 4.59. The molecule has 2 N–H and O–H groups in total. The zero-order chi connectivity index (χ0) is 18.3. The molecule has 3 rings (SSSR count). The lowest BCUT2D eigenvalue weighted by Gasteiger charge is -2.13. The molecule has 0 unspecified atom stereocenters. The Balaban J connectivity index is 2.23. The van der Waals surface area contributed by atoms with Crippen molar-refractivity contribution in [1.29, 1.82) is 0 Å². The number of nitrogens with two attached hydrogens (primary N) is 1. The van der Waals surface area contributed by atoms with Gasteiger partial charge in [-0.25, -0.2) is 9.97 Å². The van der Waals surface area contributed by atoms with Crippen LogP contribution in [0.4, 0.5) is 0 Å². The van der Waals surface area contributed by atoms with Gasteiger partial charge >= 0.3 is 0 Å². The van der Waals surface area contributed by atoms with E-state index in [1.54, 1.807) is 0 Å². The maximum Gasteiger partial charge on any atom is 0.159 e. The third-order valence-corrected chi connectivity index (χ3v) is 4.59. The topological polar surface area (TPSA) is 69.6 Å². The van der Waals surface area contributed by atoms with Crippen molar-refractivity contribution >= 4 is 11.2 Å². The van der Waals surface area contributed by atoms with E-state index in [2.05, 4.69) is 57.5 Å². The van der Waals surface area contributed by atoms with Gasteiger partial charge in [-0.1, -0.05) is 13.8 Å². The first kappa shape index (κ1) is 17.5. The molecule has 3 aromatic heterocycles. The van der Waals surface area contributed by atoms with Gasteiger partial charge in [-0.3, -0.25) is 4.98 Å². The number of fused-ring (bicyclic) bond motifs is 1. The standard InChI is InChI=1S/C20H27N5/c1-11(2)16-8-7-15(17(9-21)23-16)19-14(6)22-20-18(24-19)13(5)10-25(20)12(3)4/h7-8,10-12H,9,21H2,1-6H3. The molecule has 0 fully saturated rings. The van der Waals surface area contributed by atoms with Crippen LogP contribution in [-0.2, 0) is 6.54 Å². The first-order chi connectivity index (χ1) is 11.8. The van der Waals surface area contributed by atoms with Crippen LogP contribution in [0.5, 0.6) is 0 Å². The molecule has 3 heterocycles. The summed E-state index contributed by atoms with van der Waals surface area (Å²) in [6.45, 7) is 13.1. The van der Waals surface area contributed by atoms with Crippen LogP contribution in [0.1, 0.15) is 62.3 Å². The minimum Gasteiger partial charge on any atom is -0.328 e. The van der Waals surface area contributed by atoms with Crippen molar-refractivity contribution in [2.45, 2.75) is 60.0 Å². The van der Waals surface area contributed by atoms with Gasteiger partial charge in [0.05, 0.1) is 17.1 Å². The summed E-state index contributed by atoms with van der Waals surface area (Å²) in [5.41, 5.74) is 13.7. The maximum atomic E-state index is 5.98. The lowest BCUT2D eigenvalue weighted by atomic mass is 10.0. The Morgan fingerprint density at radius 2 is 1.76 bits per heavy atom. The molecule has 0 aliphatic heterocycles. The van der Waals surface area contributed by atoms with Crippen LogP contribution in [0.15, 0.2) is 18.3 Å². The average molecular weight is 337 g/mol. The van der Waals surface area contributed by atoms with E-state index in [0.29, 0.717) is 18.5 Å². The highest BCUT2D eigenvalue weighted by Gasteiger charge is 2.17. The van der Waals surface area contributed by atoms with Crippen LogP contribution >= 0.6 is 0 Å². The van der Waals surface area contributed by atoms with Crippen molar-refractivity contribution in [3.63, 3.8) is 0 Å². The van der Waals surface area contributed by atoms with Crippen LogP contribution in [0.25, 0.3) is 22.4 Å². The average Bonchev–Trinajstić information content (AvgIpc) is 2.89. The zero-order valence-corrected chi connectivity index (χ0v) is 16.0. The Labute approximate surface area is 149 Å². The van der Waals surface area contributed by atoms with Crippen molar-refractivity contribution in [2.75, 3.05) is 0 Å². The molecular weight excluding hydrogens is 310 g/mol. The van der Waals surface area contributed by atoms with Gasteiger partial charge in [-0.2, -0.15) is 0 Å². The van der Waals surface area contributed by atoms with Crippen molar-refractivity contribution in [3.8, 4) is 11.3 Å². The highest BCUT2D eigenvalue weighted by Crippen LogP contribution is 2.29. The van der Waals surface area contributed by atoms with Crippen molar-refractivity contribution < 1.29 is 0 Å². The van der Waals surface area contributed by atoms with Gasteiger partial charge in [0.1, 0.15) is 5.52 Å². The fourth-order valence-corrected chi connectivity index (χ4v) is 3.14. The predicted molar refractivity (Wildman–Crippen MR) is 103 cm³/mol. The summed E-state index contributed by atoms with van der Waals surface area (Å²) in [7, 11) is 0. The summed E-state index contributed by atoms with van der Waals surface area (Å²) in [6, 6.07) is 4.50. The van der Waals surface area contributed by atoms with Crippen LogP contribution in [-0.4, -0.2) is 19.5 Å². The molecule has 0 saturated heterocycles. The summed E-state index contributed by atoms with van der Waals surface area (Å²) in [4.78, 5) is 14.6. The molecule has 0 saturated carbocycles. The number of aromatic nitrogens is 4. The summed E-state index contributed by atoms with van der Waals surface area (Å²) < 4.78 is 2.18. The highest BCUT2D eigenvalue weighted by molar-refractivity contribution is 5.80. The predicted octanol–water partition coefficient (Wildman–Crippen LogP) is 4.27. The van der Waals surface area contributed by atoms with Crippen LogP contribution < -0.4 is 5.73 Å². The monoisotopic (exact) mass is 337 g/mol. The van der Waals surface area contributed by atoms with Gasteiger partial charge < -0.3 is 10.3 Å². The number of hydrogen-bond donors (Lipinski definition) is 1. The molecule has 132 valence electrons. The molecule has 0 radical (unpaired) electrons. The molecule has 0 bridgehead atoms. The van der Waals surface area contributed by atoms with Gasteiger partial charge in [0.2, 0.25) is 0 Å². The largest absolute Gasteiger partial charge is 0.328 e. The first-order valence-electron chi connectivity index (χ1n) is 8.89. The number of nitrogens with zero attached hydrogens (tertiary/aromatic N) is 4. The minimum absolute atomic E-state index is 0.349. The van der Waals surface area contributed by atoms with E-state index in [1.807, 2.05) is 6.92 Å². The molecule has 0 atom stereocenters. The Morgan fingerprint density at radius 3 is 2.36 bits per heavy atom. The fraction of sp³-hybridized carbons (Fsp3) is 0.450. The van der Waals surface area contributed by atoms with Crippen LogP contribution in [0, 0.1) is 13.8 Å². The SMILES string of the molecule is Cc1nc2c(nc1-c1ccc(C(C)C)nc1CN)c(C)cn2C(C)C. The Morgan fingerprint density at radius 1 is 1.04 bits per heavy atom. The zero-order valence-electron chi connectivity index (χ0n) is 16.0. The second-order valence-corrected chi connectivity index (χ2v) is 7.23. The molecule has 25 heavy (non-hydrogen) atoms. The summed E-state index contributed by atoms with van der Waals surface area (Å²) in [5, 5.41) is 0. The van der Waals surface area contributed by atoms with E-state index in [1.165, 1.54) is 0 Å². The maximum absolute atomic E-state index is 5.98. The molecule has 5 nitrogen and oxygen atoms in total. The normalized spacial score (nSPS) is 11.9. The minimum atomic E-state index is 0.349. The van der Waals surface area contributed by atoms with E-state index >= 15 is 0 Å². The summed E-state index contributed by atoms with van der Waals surface area (Å²) in [6.07, 6.45) is 2.13. The lowest BCUT2D eigenvalue weighted by molar-refractivity contribution is 0.616. The molecule has 0 spiro atoms. The van der Waals surface area contributed by atoms with E-state index < -0.39 is 0 Å². The molecule has 0 aromatic carbocycles. The second kappa shape index (κ2) is 6.56. The summed E-state index contributed by atoms with van der Waals surface area (Å²) >= 11 is 0. The van der Waals surface area contributed by atoms with Gasteiger partial charge in [0.15, 0.2) is 5.65 Å². The van der Waals surface area contributed by atoms with Gasteiger partial charge in [-0.05, 0) is 51.3 Å². The quantitative estimate of drug-likeness (QED) is 0.771. The van der Waals surface area contributed by atoms with E-state index in [4.69, 9.17) is 20.7 Å². The molecule has 0 amide bonds. The van der Waals surface area contributed by atoms with E-state index in [-0.39, 0.29) is 0 Å². The smallest absolute Gasteiger partial charge is 0.159 e. The molecule has 5 heteroatoms. The number of hydrogen-bond acceptors (Lipinski definition) is 4.